The highest BCUT2D eigenvalue weighted by Gasteiger charge is 2.38. The summed E-state index contributed by atoms with van der Waals surface area (Å²) < 4.78 is 40.4. The molecule has 2 heterocycles. The summed E-state index contributed by atoms with van der Waals surface area (Å²) in [5.41, 5.74) is -0.487. The molecule has 0 unspecified atom stereocenters. The Labute approximate surface area is 104 Å². The highest BCUT2D eigenvalue weighted by molar-refractivity contribution is 9.10. The van der Waals surface area contributed by atoms with Crippen molar-refractivity contribution in [1.82, 2.24) is 14.4 Å². The Bertz CT molecular complexity index is 560. The van der Waals surface area contributed by atoms with Crippen LogP contribution in [-0.2, 0) is 6.18 Å². The first-order valence-electron chi connectivity index (χ1n) is 4.91. The van der Waals surface area contributed by atoms with Crippen molar-refractivity contribution in [3.05, 3.63) is 28.4 Å². The zero-order valence-corrected chi connectivity index (χ0v) is 10.7. The van der Waals surface area contributed by atoms with Crippen LogP contribution in [0.2, 0.25) is 0 Å². The minimum absolute atomic E-state index is 0.126. The first kappa shape index (κ1) is 12.3. The number of rotatable bonds is 1. The monoisotopic (exact) mass is 307 g/mol. The maximum atomic E-state index is 12.9. The summed E-state index contributed by atoms with van der Waals surface area (Å²) in [4.78, 5) is 7.52. The Kier molecular flexibility index (Phi) is 2.89. The summed E-state index contributed by atoms with van der Waals surface area (Å²) in [5, 5.41) is 0. The van der Waals surface area contributed by atoms with Crippen molar-refractivity contribution in [3.8, 4) is 0 Å². The average Bonchev–Trinajstić information content (AvgIpc) is 2.57. The molecule has 0 spiro atoms. The molecule has 0 aliphatic carbocycles. The van der Waals surface area contributed by atoms with E-state index in [0.29, 0.717) is 4.47 Å². The van der Waals surface area contributed by atoms with E-state index in [1.165, 1.54) is 16.9 Å². The zero-order valence-electron chi connectivity index (χ0n) is 9.09. The van der Waals surface area contributed by atoms with Crippen LogP contribution in [-0.4, -0.2) is 14.4 Å². The van der Waals surface area contributed by atoms with Gasteiger partial charge in [0.15, 0.2) is 11.3 Å². The predicted octanol–water partition coefficient (Wildman–Crippen LogP) is 3.63. The highest BCUT2D eigenvalue weighted by atomic mass is 79.9. The van der Waals surface area contributed by atoms with E-state index in [4.69, 9.17) is 0 Å². The normalized spacial score (nSPS) is 12.6. The molecule has 0 aliphatic rings. The Balaban J connectivity index is 2.85. The van der Waals surface area contributed by atoms with Gasteiger partial charge < -0.3 is 0 Å². The number of imidazole rings is 1. The van der Waals surface area contributed by atoms with E-state index in [9.17, 15) is 13.2 Å². The van der Waals surface area contributed by atoms with Gasteiger partial charge in [0.05, 0.1) is 10.2 Å². The van der Waals surface area contributed by atoms with E-state index in [-0.39, 0.29) is 17.3 Å². The van der Waals surface area contributed by atoms with Crippen LogP contribution in [0.15, 0.2) is 17.0 Å². The maximum absolute atomic E-state index is 12.9. The summed E-state index contributed by atoms with van der Waals surface area (Å²) in [6, 6.07) is 0. The molecular weight excluding hydrogens is 299 g/mol. The van der Waals surface area contributed by atoms with Crippen molar-refractivity contribution in [2.45, 2.75) is 25.9 Å². The lowest BCUT2D eigenvalue weighted by Crippen LogP contribution is -2.11. The molecule has 0 aliphatic heterocycles. The molecule has 0 radical (unpaired) electrons. The largest absolute Gasteiger partial charge is 0.435 e. The van der Waals surface area contributed by atoms with Crippen LogP contribution in [0.5, 0.6) is 0 Å². The summed E-state index contributed by atoms with van der Waals surface area (Å²) in [6.07, 6.45) is -1.69. The van der Waals surface area contributed by atoms with Gasteiger partial charge in [-0.3, -0.25) is 4.40 Å². The minimum Gasteiger partial charge on any atom is -0.286 e. The van der Waals surface area contributed by atoms with Gasteiger partial charge in [0.25, 0.3) is 0 Å². The average molecular weight is 308 g/mol. The quantitative estimate of drug-likeness (QED) is 0.805. The number of halogens is 4. The van der Waals surface area contributed by atoms with Gasteiger partial charge in [0.2, 0.25) is 0 Å². The minimum atomic E-state index is -4.45. The lowest BCUT2D eigenvalue weighted by Gasteiger charge is -2.10. The molecule has 0 aromatic carbocycles. The maximum Gasteiger partial charge on any atom is 0.435 e. The molecule has 0 saturated heterocycles. The number of fused-ring (bicyclic) bond motifs is 1. The summed E-state index contributed by atoms with van der Waals surface area (Å²) >= 11 is 3.15. The Morgan fingerprint density at radius 2 is 2.00 bits per heavy atom. The molecule has 0 atom stereocenters. The molecule has 0 fully saturated rings. The van der Waals surface area contributed by atoms with E-state index in [2.05, 4.69) is 25.9 Å². The fourth-order valence-electron chi connectivity index (χ4n) is 1.71. The van der Waals surface area contributed by atoms with Crippen molar-refractivity contribution in [2.75, 3.05) is 0 Å². The van der Waals surface area contributed by atoms with E-state index < -0.39 is 11.9 Å². The standard InChI is InChI=1S/C10H9BrF3N3/c1-5(2)7-8(10(12,13)14)16-9-6(11)3-15-4-17(7)9/h3-5H,1-2H3. The SMILES string of the molecule is CC(C)c1c(C(F)(F)F)nc2c(Br)cncn12. The van der Waals surface area contributed by atoms with Crippen molar-refractivity contribution in [1.29, 1.82) is 0 Å². The zero-order chi connectivity index (χ0) is 12.8. The second-order valence-electron chi connectivity index (χ2n) is 3.93. The van der Waals surface area contributed by atoms with Gasteiger partial charge in [-0.25, -0.2) is 9.97 Å². The van der Waals surface area contributed by atoms with Crippen LogP contribution < -0.4 is 0 Å². The molecule has 2 aromatic heterocycles. The number of alkyl halides is 3. The van der Waals surface area contributed by atoms with Crippen molar-refractivity contribution in [2.24, 2.45) is 0 Å². The molecule has 7 heteroatoms. The van der Waals surface area contributed by atoms with Crippen LogP contribution in [0, 0.1) is 0 Å². The van der Waals surface area contributed by atoms with E-state index >= 15 is 0 Å². The fourth-order valence-corrected chi connectivity index (χ4v) is 2.11. The molecular formula is C10H9BrF3N3. The lowest BCUT2D eigenvalue weighted by atomic mass is 10.1. The topological polar surface area (TPSA) is 30.2 Å². The smallest absolute Gasteiger partial charge is 0.286 e. The molecule has 92 valence electrons. The van der Waals surface area contributed by atoms with Crippen LogP contribution >= 0.6 is 15.9 Å². The van der Waals surface area contributed by atoms with Gasteiger partial charge >= 0.3 is 6.18 Å². The summed E-state index contributed by atoms with van der Waals surface area (Å²) in [7, 11) is 0. The predicted molar refractivity (Wildman–Crippen MR) is 59.8 cm³/mol. The van der Waals surface area contributed by atoms with Gasteiger partial charge in [-0.2, -0.15) is 13.2 Å². The van der Waals surface area contributed by atoms with E-state index in [0.717, 1.165) is 0 Å². The van der Waals surface area contributed by atoms with E-state index in [1.54, 1.807) is 13.8 Å². The van der Waals surface area contributed by atoms with Crippen LogP contribution in [0.1, 0.15) is 31.2 Å². The highest BCUT2D eigenvalue weighted by Crippen LogP contribution is 2.36. The third-order valence-electron chi connectivity index (χ3n) is 2.35. The van der Waals surface area contributed by atoms with Crippen molar-refractivity contribution in [3.63, 3.8) is 0 Å². The van der Waals surface area contributed by atoms with Gasteiger partial charge in [0.1, 0.15) is 6.33 Å². The third kappa shape index (κ3) is 2.03. The Morgan fingerprint density at radius 3 is 2.53 bits per heavy atom. The van der Waals surface area contributed by atoms with E-state index in [1.807, 2.05) is 0 Å². The van der Waals surface area contributed by atoms with Crippen LogP contribution in [0.25, 0.3) is 5.65 Å². The molecule has 0 bridgehead atoms. The number of hydrogen-bond donors (Lipinski definition) is 0. The fraction of sp³-hybridized carbons (Fsp3) is 0.400. The van der Waals surface area contributed by atoms with Crippen LogP contribution in [0.4, 0.5) is 13.2 Å². The second-order valence-corrected chi connectivity index (χ2v) is 4.79. The molecule has 2 aromatic rings. The first-order valence-corrected chi connectivity index (χ1v) is 5.70. The van der Waals surface area contributed by atoms with Crippen LogP contribution in [0.3, 0.4) is 0 Å². The molecule has 0 N–H and O–H groups in total. The number of hydrogen-bond acceptors (Lipinski definition) is 2. The number of nitrogens with zero attached hydrogens (tertiary/aromatic N) is 3. The number of aromatic nitrogens is 3. The summed E-state index contributed by atoms with van der Waals surface area (Å²) in [5.74, 6) is -0.294. The first-order chi connectivity index (χ1) is 7.82. The summed E-state index contributed by atoms with van der Waals surface area (Å²) in [6.45, 7) is 3.39. The Morgan fingerprint density at radius 1 is 1.35 bits per heavy atom. The second kappa shape index (κ2) is 3.97. The van der Waals surface area contributed by atoms with Crippen molar-refractivity contribution >= 4 is 21.6 Å². The lowest BCUT2D eigenvalue weighted by molar-refractivity contribution is -0.141. The molecule has 3 nitrogen and oxygen atoms in total. The molecule has 17 heavy (non-hydrogen) atoms. The van der Waals surface area contributed by atoms with Gasteiger partial charge in [-0.1, -0.05) is 13.8 Å². The Hall–Kier alpha value is -1.11. The molecule has 0 saturated carbocycles. The van der Waals surface area contributed by atoms with Gasteiger partial charge in [-0.05, 0) is 21.8 Å². The van der Waals surface area contributed by atoms with Crippen molar-refractivity contribution < 1.29 is 13.2 Å². The molecule has 0 amide bonds. The third-order valence-corrected chi connectivity index (χ3v) is 2.91. The molecule has 2 rings (SSSR count). The van der Waals surface area contributed by atoms with Gasteiger partial charge in [0, 0.05) is 6.20 Å². The van der Waals surface area contributed by atoms with Gasteiger partial charge in [-0.15, -0.1) is 0 Å².